The van der Waals surface area contributed by atoms with Crippen molar-refractivity contribution in [1.29, 1.82) is 0 Å². The van der Waals surface area contributed by atoms with Crippen LogP contribution in [0.3, 0.4) is 0 Å². The van der Waals surface area contributed by atoms with Crippen molar-refractivity contribution in [3.8, 4) is 11.5 Å². The van der Waals surface area contributed by atoms with E-state index in [0.717, 1.165) is 5.56 Å². The van der Waals surface area contributed by atoms with E-state index in [1.165, 1.54) is 14.2 Å². The van der Waals surface area contributed by atoms with Gasteiger partial charge >= 0.3 is 5.97 Å². The molecule has 0 aliphatic rings. The molecule has 2 aromatic carbocycles. The summed E-state index contributed by atoms with van der Waals surface area (Å²) in [6, 6.07) is 12.2. The molecule has 0 saturated heterocycles. The zero-order chi connectivity index (χ0) is 17.5. The molecule has 0 bridgehead atoms. The molecule has 0 aliphatic heterocycles. The first-order chi connectivity index (χ1) is 11.5. The van der Waals surface area contributed by atoms with Crippen molar-refractivity contribution in [1.82, 2.24) is 0 Å². The maximum Gasteiger partial charge on any atom is 0.342 e. The summed E-state index contributed by atoms with van der Waals surface area (Å²) in [7, 11) is 2.90. The molecule has 0 aromatic heterocycles. The number of rotatable bonds is 6. The van der Waals surface area contributed by atoms with Gasteiger partial charge in [-0.3, -0.25) is 4.79 Å². The van der Waals surface area contributed by atoms with Crippen molar-refractivity contribution in [3.63, 3.8) is 0 Å². The zero-order valence-electron chi connectivity index (χ0n) is 13.8. The first-order valence-electron chi connectivity index (χ1n) is 7.29. The average Bonchev–Trinajstić information content (AvgIpc) is 2.58. The molecule has 2 aromatic rings. The molecular formula is C18H19NO5. The summed E-state index contributed by atoms with van der Waals surface area (Å²) in [5.41, 5.74) is 1.86. The highest BCUT2D eigenvalue weighted by Gasteiger charge is 2.18. The van der Waals surface area contributed by atoms with Gasteiger partial charge in [0, 0.05) is 5.69 Å². The monoisotopic (exact) mass is 329 g/mol. The van der Waals surface area contributed by atoms with Crippen LogP contribution in [0.25, 0.3) is 0 Å². The van der Waals surface area contributed by atoms with E-state index in [2.05, 4.69) is 5.32 Å². The Morgan fingerprint density at radius 1 is 1.04 bits per heavy atom. The number of anilines is 1. The number of para-hydroxylation sites is 1. The Morgan fingerprint density at radius 3 is 2.46 bits per heavy atom. The predicted octanol–water partition coefficient (Wildman–Crippen LogP) is 2.81. The molecule has 0 aliphatic carbocycles. The fraction of sp³-hybridized carbons (Fsp3) is 0.222. The number of amides is 1. The van der Waals surface area contributed by atoms with Gasteiger partial charge in [-0.1, -0.05) is 18.2 Å². The van der Waals surface area contributed by atoms with Gasteiger partial charge in [-0.25, -0.2) is 4.79 Å². The molecule has 6 nitrogen and oxygen atoms in total. The smallest absolute Gasteiger partial charge is 0.342 e. The van der Waals surface area contributed by atoms with E-state index in [1.54, 1.807) is 24.3 Å². The van der Waals surface area contributed by atoms with E-state index in [1.807, 2.05) is 25.1 Å². The minimum atomic E-state index is -0.662. The van der Waals surface area contributed by atoms with E-state index in [-0.39, 0.29) is 11.3 Å². The largest absolute Gasteiger partial charge is 0.493 e. The van der Waals surface area contributed by atoms with Crippen molar-refractivity contribution >= 4 is 17.6 Å². The fourth-order valence-electron chi connectivity index (χ4n) is 2.18. The molecule has 126 valence electrons. The number of carbonyl (C=O) groups excluding carboxylic acids is 2. The number of ether oxygens (including phenoxy) is 3. The van der Waals surface area contributed by atoms with Gasteiger partial charge in [0.15, 0.2) is 18.1 Å². The highest BCUT2D eigenvalue weighted by Crippen LogP contribution is 2.31. The van der Waals surface area contributed by atoms with Crippen LogP contribution in [0.2, 0.25) is 0 Å². The number of hydrogen-bond acceptors (Lipinski definition) is 5. The van der Waals surface area contributed by atoms with Crippen molar-refractivity contribution in [3.05, 3.63) is 53.6 Å². The molecule has 0 saturated carbocycles. The molecule has 0 heterocycles. The van der Waals surface area contributed by atoms with Crippen molar-refractivity contribution in [2.45, 2.75) is 6.92 Å². The van der Waals surface area contributed by atoms with Gasteiger partial charge in [-0.15, -0.1) is 0 Å². The third kappa shape index (κ3) is 4.25. The van der Waals surface area contributed by atoms with Gasteiger partial charge < -0.3 is 19.5 Å². The molecule has 1 amide bonds. The first-order valence-corrected chi connectivity index (χ1v) is 7.29. The summed E-state index contributed by atoms with van der Waals surface area (Å²) in [5, 5.41) is 2.67. The van der Waals surface area contributed by atoms with E-state index < -0.39 is 18.5 Å². The van der Waals surface area contributed by atoms with Crippen LogP contribution >= 0.6 is 0 Å². The molecule has 2 rings (SSSR count). The summed E-state index contributed by atoms with van der Waals surface area (Å²) in [6.07, 6.45) is 0. The van der Waals surface area contributed by atoms with Crippen LogP contribution in [0.15, 0.2) is 42.5 Å². The number of methoxy groups -OCH3 is 2. The molecule has 0 atom stereocenters. The Kier molecular flexibility index (Phi) is 5.78. The van der Waals surface area contributed by atoms with Gasteiger partial charge in [0.1, 0.15) is 5.56 Å². The van der Waals surface area contributed by atoms with Crippen LogP contribution < -0.4 is 14.8 Å². The number of esters is 1. The zero-order valence-corrected chi connectivity index (χ0v) is 13.8. The van der Waals surface area contributed by atoms with Crippen molar-refractivity contribution in [2.75, 3.05) is 26.1 Å². The van der Waals surface area contributed by atoms with Crippen molar-refractivity contribution in [2.24, 2.45) is 0 Å². The normalized spacial score (nSPS) is 9.96. The lowest BCUT2D eigenvalue weighted by molar-refractivity contribution is -0.119. The first kappa shape index (κ1) is 17.3. The molecule has 6 heteroatoms. The maximum absolute atomic E-state index is 12.2. The Labute approximate surface area is 140 Å². The van der Waals surface area contributed by atoms with E-state index in [9.17, 15) is 9.59 Å². The summed E-state index contributed by atoms with van der Waals surface area (Å²) in [6.45, 7) is 1.53. The Hall–Kier alpha value is -3.02. The van der Waals surface area contributed by atoms with E-state index in [4.69, 9.17) is 14.2 Å². The van der Waals surface area contributed by atoms with Crippen LogP contribution in [0.5, 0.6) is 11.5 Å². The molecule has 0 radical (unpaired) electrons. The number of carbonyl (C=O) groups is 2. The average molecular weight is 329 g/mol. The lowest BCUT2D eigenvalue weighted by atomic mass is 10.2. The number of nitrogens with one attached hydrogen (secondary N) is 1. The molecule has 0 spiro atoms. The second-order valence-corrected chi connectivity index (χ2v) is 5.03. The van der Waals surface area contributed by atoms with Gasteiger partial charge in [-0.05, 0) is 36.8 Å². The minimum Gasteiger partial charge on any atom is -0.493 e. The topological polar surface area (TPSA) is 73.9 Å². The molecular weight excluding hydrogens is 310 g/mol. The van der Waals surface area contributed by atoms with Gasteiger partial charge in [0.25, 0.3) is 5.91 Å². The van der Waals surface area contributed by atoms with Crippen molar-refractivity contribution < 1.29 is 23.8 Å². The molecule has 24 heavy (non-hydrogen) atoms. The quantitative estimate of drug-likeness (QED) is 0.825. The molecule has 0 unspecified atom stereocenters. The Balaban J connectivity index is 1.99. The third-order valence-electron chi connectivity index (χ3n) is 3.26. The summed E-state index contributed by atoms with van der Waals surface area (Å²) < 4.78 is 15.4. The molecule has 0 fully saturated rings. The highest BCUT2D eigenvalue weighted by molar-refractivity contribution is 5.97. The number of aryl methyl sites for hydroxylation is 1. The standard InChI is InChI=1S/C18H19NO5/c1-12-6-4-7-13(10-12)19-16(20)11-24-18(21)14-8-5-9-15(22-2)17(14)23-3/h4-10H,11H2,1-3H3,(H,19,20). The maximum atomic E-state index is 12.2. The molecule has 1 N–H and O–H groups in total. The van der Waals surface area contributed by atoms with E-state index >= 15 is 0 Å². The fourth-order valence-corrected chi connectivity index (χ4v) is 2.18. The van der Waals surface area contributed by atoms with Crippen LogP contribution in [0.1, 0.15) is 15.9 Å². The third-order valence-corrected chi connectivity index (χ3v) is 3.26. The Bertz CT molecular complexity index is 742. The van der Waals surface area contributed by atoms with Crippen LogP contribution in [0.4, 0.5) is 5.69 Å². The summed E-state index contributed by atoms with van der Waals surface area (Å²) in [4.78, 5) is 24.1. The SMILES string of the molecule is COc1cccc(C(=O)OCC(=O)Nc2cccc(C)c2)c1OC. The van der Waals surface area contributed by atoms with Crippen LogP contribution in [0, 0.1) is 6.92 Å². The van der Waals surface area contributed by atoms with Gasteiger partial charge in [0.2, 0.25) is 0 Å². The van der Waals surface area contributed by atoms with Crippen LogP contribution in [-0.4, -0.2) is 32.7 Å². The van der Waals surface area contributed by atoms with Gasteiger partial charge in [-0.2, -0.15) is 0 Å². The van der Waals surface area contributed by atoms with Crippen LogP contribution in [-0.2, 0) is 9.53 Å². The Morgan fingerprint density at radius 2 is 1.79 bits per heavy atom. The second kappa shape index (κ2) is 8.01. The number of hydrogen-bond donors (Lipinski definition) is 1. The minimum absolute atomic E-state index is 0.195. The van der Waals surface area contributed by atoms with Gasteiger partial charge in [0.05, 0.1) is 14.2 Å². The lowest BCUT2D eigenvalue weighted by Gasteiger charge is -2.12. The second-order valence-electron chi connectivity index (χ2n) is 5.03. The predicted molar refractivity (Wildman–Crippen MR) is 89.6 cm³/mol. The summed E-state index contributed by atoms with van der Waals surface area (Å²) >= 11 is 0. The lowest BCUT2D eigenvalue weighted by Crippen LogP contribution is -2.21. The van der Waals surface area contributed by atoms with E-state index in [0.29, 0.717) is 11.4 Å². The summed E-state index contributed by atoms with van der Waals surface area (Å²) in [5.74, 6) is -0.402. The highest BCUT2D eigenvalue weighted by atomic mass is 16.5. The number of benzene rings is 2.